The van der Waals surface area contributed by atoms with E-state index in [-0.39, 0.29) is 0 Å². The molecule has 0 radical (unpaired) electrons. The molecule has 2 N–H and O–H groups in total. The summed E-state index contributed by atoms with van der Waals surface area (Å²) >= 11 is 1.32. The van der Waals surface area contributed by atoms with Crippen molar-refractivity contribution in [1.82, 2.24) is 14.9 Å². The van der Waals surface area contributed by atoms with Gasteiger partial charge < -0.3 is 10.6 Å². The molecule has 0 aromatic carbocycles. The number of nitrogens with one attached hydrogen (secondary N) is 2. The molecule has 1 saturated heterocycles. The lowest BCUT2D eigenvalue weighted by Gasteiger charge is -2.25. The number of sulfonamides is 1. The van der Waals surface area contributed by atoms with Gasteiger partial charge in [-0.25, -0.2) is 8.42 Å². The first kappa shape index (κ1) is 16.3. The largest absolute Gasteiger partial charge is 0.359 e. The van der Waals surface area contributed by atoms with Gasteiger partial charge in [-0.1, -0.05) is 6.42 Å². The summed E-state index contributed by atoms with van der Waals surface area (Å²) in [5.74, 6) is 0.684. The molecule has 0 saturated carbocycles. The zero-order chi connectivity index (χ0) is 15.3. The van der Waals surface area contributed by atoms with Crippen molar-refractivity contribution in [3.8, 4) is 0 Å². The lowest BCUT2D eigenvalue weighted by molar-refractivity contribution is 0.347. The average Bonchev–Trinajstić information content (AvgIpc) is 2.99. The molecule has 0 amide bonds. The van der Waals surface area contributed by atoms with Gasteiger partial charge in [-0.05, 0) is 25.0 Å². The Balaban J connectivity index is 2.04. The van der Waals surface area contributed by atoms with Gasteiger partial charge >= 0.3 is 0 Å². The third kappa shape index (κ3) is 3.96. The minimum Gasteiger partial charge on any atom is -0.359 e. The second-order valence-corrected chi connectivity index (χ2v) is 8.19. The van der Waals surface area contributed by atoms with Crippen LogP contribution in [0, 0.1) is 0 Å². The fourth-order valence-electron chi connectivity index (χ4n) is 2.27. The topological polar surface area (TPSA) is 73.8 Å². The van der Waals surface area contributed by atoms with Crippen molar-refractivity contribution in [2.45, 2.75) is 30.0 Å². The molecule has 0 bridgehead atoms. The molecule has 8 heteroatoms. The van der Waals surface area contributed by atoms with Gasteiger partial charge in [0.2, 0.25) is 0 Å². The van der Waals surface area contributed by atoms with Crippen molar-refractivity contribution < 1.29 is 8.42 Å². The number of hydrogen-bond donors (Lipinski definition) is 2. The summed E-state index contributed by atoms with van der Waals surface area (Å²) in [6.45, 7) is 1.84. The number of rotatable bonds is 4. The van der Waals surface area contributed by atoms with E-state index in [2.05, 4.69) is 15.6 Å². The number of piperidine rings is 1. The first-order valence-corrected chi connectivity index (χ1v) is 9.31. The molecule has 6 nitrogen and oxygen atoms in total. The molecule has 1 aliphatic rings. The quantitative estimate of drug-likeness (QED) is 0.643. The van der Waals surface area contributed by atoms with E-state index >= 15 is 0 Å². The maximum Gasteiger partial charge on any atom is 0.252 e. The summed E-state index contributed by atoms with van der Waals surface area (Å²) in [6.07, 6.45) is 3.03. The van der Waals surface area contributed by atoms with Crippen molar-refractivity contribution in [2.24, 2.45) is 4.99 Å². The summed E-state index contributed by atoms with van der Waals surface area (Å²) in [5.41, 5.74) is 0. The Labute approximate surface area is 130 Å². The van der Waals surface area contributed by atoms with Crippen LogP contribution in [0.25, 0.3) is 0 Å². The van der Waals surface area contributed by atoms with E-state index in [1.165, 1.54) is 11.3 Å². The number of hydrogen-bond acceptors (Lipinski definition) is 4. The lowest BCUT2D eigenvalue weighted by Crippen LogP contribution is -2.35. The first-order chi connectivity index (χ1) is 10.1. The highest BCUT2D eigenvalue weighted by Crippen LogP contribution is 2.26. The smallest absolute Gasteiger partial charge is 0.252 e. The molecule has 21 heavy (non-hydrogen) atoms. The predicted octanol–water partition coefficient (Wildman–Crippen LogP) is 1.22. The van der Waals surface area contributed by atoms with E-state index in [4.69, 9.17) is 0 Å². The van der Waals surface area contributed by atoms with E-state index in [9.17, 15) is 8.42 Å². The van der Waals surface area contributed by atoms with Crippen LogP contribution in [-0.4, -0.2) is 45.9 Å². The van der Waals surface area contributed by atoms with Gasteiger partial charge in [0.15, 0.2) is 5.96 Å². The van der Waals surface area contributed by atoms with Gasteiger partial charge in [-0.15, -0.1) is 11.3 Å². The maximum atomic E-state index is 12.5. The van der Waals surface area contributed by atoms with Gasteiger partial charge in [0.05, 0.1) is 6.54 Å². The Bertz CT molecular complexity index is 589. The van der Waals surface area contributed by atoms with E-state index in [1.807, 2.05) is 6.07 Å². The monoisotopic (exact) mass is 330 g/mol. The van der Waals surface area contributed by atoms with Crippen LogP contribution in [0.15, 0.2) is 21.3 Å². The van der Waals surface area contributed by atoms with Gasteiger partial charge in [0.1, 0.15) is 4.21 Å². The Hall–Kier alpha value is -1.12. The molecule has 0 atom stereocenters. The minimum absolute atomic E-state index is 0.431. The number of thiophene rings is 1. The minimum atomic E-state index is -3.31. The summed E-state index contributed by atoms with van der Waals surface area (Å²) in [5, 5.41) is 6.05. The standard InChI is InChI=1S/C13H22N4O2S2/c1-14-13(15-2)16-10-11-6-7-12(20-11)21(18,19)17-8-4-3-5-9-17/h6-7H,3-5,8-10H2,1-2H3,(H2,14,15,16). The molecule has 1 aromatic heterocycles. The SMILES string of the molecule is CN=C(NC)NCc1ccc(S(=O)(=O)N2CCCCC2)s1. The summed E-state index contributed by atoms with van der Waals surface area (Å²) in [6, 6.07) is 3.56. The maximum absolute atomic E-state index is 12.5. The fraction of sp³-hybridized carbons (Fsp3) is 0.615. The molecular weight excluding hydrogens is 308 g/mol. The van der Waals surface area contributed by atoms with Crippen LogP contribution in [0.4, 0.5) is 0 Å². The first-order valence-electron chi connectivity index (χ1n) is 7.05. The van der Waals surface area contributed by atoms with E-state index in [0.717, 1.165) is 24.1 Å². The lowest BCUT2D eigenvalue weighted by atomic mass is 10.2. The highest BCUT2D eigenvalue weighted by Gasteiger charge is 2.27. The number of aliphatic imine (C=N–C) groups is 1. The molecule has 1 aliphatic heterocycles. The highest BCUT2D eigenvalue weighted by atomic mass is 32.2. The van der Waals surface area contributed by atoms with Crippen LogP contribution < -0.4 is 10.6 Å². The Morgan fingerprint density at radius 2 is 2.05 bits per heavy atom. The van der Waals surface area contributed by atoms with E-state index in [1.54, 1.807) is 24.5 Å². The Kier molecular flexibility index (Phi) is 5.60. The Morgan fingerprint density at radius 3 is 2.67 bits per heavy atom. The second-order valence-electron chi connectivity index (χ2n) is 4.86. The highest BCUT2D eigenvalue weighted by molar-refractivity contribution is 7.91. The van der Waals surface area contributed by atoms with Gasteiger partial charge in [-0.3, -0.25) is 4.99 Å². The Morgan fingerprint density at radius 1 is 1.33 bits per heavy atom. The van der Waals surface area contributed by atoms with Crippen LogP contribution in [0.5, 0.6) is 0 Å². The van der Waals surface area contributed by atoms with Crippen molar-refractivity contribution in [2.75, 3.05) is 27.2 Å². The molecule has 118 valence electrons. The van der Waals surface area contributed by atoms with E-state index in [0.29, 0.717) is 29.8 Å². The molecule has 1 aromatic rings. The van der Waals surface area contributed by atoms with Gasteiger partial charge in [0.25, 0.3) is 10.0 Å². The third-order valence-corrected chi connectivity index (χ3v) is 6.89. The van der Waals surface area contributed by atoms with Crippen LogP contribution in [0.2, 0.25) is 0 Å². The summed E-state index contributed by atoms with van der Waals surface area (Å²) in [7, 11) is 0.169. The molecule has 0 aliphatic carbocycles. The van der Waals surface area contributed by atoms with E-state index < -0.39 is 10.0 Å². The third-order valence-electron chi connectivity index (χ3n) is 3.44. The van der Waals surface area contributed by atoms with Crippen LogP contribution in [0.1, 0.15) is 24.1 Å². The molecule has 1 fully saturated rings. The second kappa shape index (κ2) is 7.24. The summed E-state index contributed by atoms with van der Waals surface area (Å²) < 4.78 is 27.1. The van der Waals surface area contributed by atoms with Crippen LogP contribution >= 0.6 is 11.3 Å². The average molecular weight is 330 g/mol. The van der Waals surface area contributed by atoms with Gasteiger partial charge in [-0.2, -0.15) is 4.31 Å². The molecule has 0 unspecified atom stereocenters. The van der Waals surface area contributed by atoms with Gasteiger partial charge in [0, 0.05) is 32.1 Å². The number of nitrogens with zero attached hydrogens (tertiary/aromatic N) is 2. The normalized spacial score (nSPS) is 17.7. The summed E-state index contributed by atoms with van der Waals surface area (Å²) in [4.78, 5) is 5.00. The number of guanidine groups is 1. The van der Waals surface area contributed by atoms with Crippen molar-refractivity contribution >= 4 is 27.3 Å². The zero-order valence-electron chi connectivity index (χ0n) is 12.4. The zero-order valence-corrected chi connectivity index (χ0v) is 14.1. The van der Waals surface area contributed by atoms with Crippen molar-refractivity contribution in [3.63, 3.8) is 0 Å². The van der Waals surface area contributed by atoms with Crippen LogP contribution in [-0.2, 0) is 16.6 Å². The molecule has 2 heterocycles. The van der Waals surface area contributed by atoms with Crippen LogP contribution in [0.3, 0.4) is 0 Å². The van der Waals surface area contributed by atoms with Crippen molar-refractivity contribution in [1.29, 1.82) is 0 Å². The molecule has 0 spiro atoms. The predicted molar refractivity (Wildman–Crippen MR) is 86.2 cm³/mol. The fourth-order valence-corrected chi connectivity index (χ4v) is 5.24. The molecule has 2 rings (SSSR count). The van der Waals surface area contributed by atoms with Crippen molar-refractivity contribution in [3.05, 3.63) is 17.0 Å². The molecular formula is C13H22N4O2S2.